The fourth-order valence-corrected chi connectivity index (χ4v) is 6.15. The van der Waals surface area contributed by atoms with E-state index in [4.69, 9.17) is 18.6 Å². The van der Waals surface area contributed by atoms with Crippen LogP contribution in [0.5, 0.6) is 5.75 Å². The number of carbonyl (C=O) groups is 1. The van der Waals surface area contributed by atoms with Crippen LogP contribution in [-0.2, 0) is 16.9 Å². The number of fused-ring (bicyclic) bond motifs is 10. The summed E-state index contributed by atoms with van der Waals surface area (Å²) in [4.78, 5) is 23.8. The molecule has 200 valence electrons. The quantitative estimate of drug-likeness (QED) is 0.398. The third kappa shape index (κ3) is 3.51. The molecule has 0 saturated carbocycles. The Morgan fingerprint density at radius 3 is 2.92 bits per heavy atom. The van der Waals surface area contributed by atoms with Crippen LogP contribution in [-0.4, -0.2) is 50.6 Å². The van der Waals surface area contributed by atoms with E-state index in [1.54, 1.807) is 12.3 Å². The maximum atomic E-state index is 13.6. The number of nitrogens with zero attached hydrogens (tertiary/aromatic N) is 4. The van der Waals surface area contributed by atoms with Gasteiger partial charge in [-0.05, 0) is 42.3 Å². The molecule has 0 unspecified atom stereocenters. The summed E-state index contributed by atoms with van der Waals surface area (Å²) in [6.07, 6.45) is 2.28. The normalized spacial score (nSPS) is 25.0. The minimum atomic E-state index is -3.14. The number of amides is 1. The number of ether oxygens (including phenoxy) is 2. The number of aliphatic hydroxyl groups is 1. The smallest absolute Gasteiger partial charge is 0.387 e. The van der Waals surface area contributed by atoms with Gasteiger partial charge in [-0.3, -0.25) is 9.78 Å². The molecule has 10 heteroatoms. The van der Waals surface area contributed by atoms with E-state index >= 15 is 0 Å². The lowest BCUT2D eigenvalue weighted by Crippen LogP contribution is -2.36. The maximum Gasteiger partial charge on any atom is 0.387 e. The Balaban J connectivity index is 1.41. The second-order valence-corrected chi connectivity index (χ2v) is 10.2. The zero-order valence-electron chi connectivity index (χ0n) is 23.9. The van der Waals surface area contributed by atoms with E-state index in [9.17, 15) is 18.7 Å². The van der Waals surface area contributed by atoms with Gasteiger partial charge < -0.3 is 24.0 Å². The summed E-state index contributed by atoms with van der Waals surface area (Å²) in [5, 5.41) is 11.0. The molecule has 0 aliphatic carbocycles. The average molecular weight is 536 g/mol. The number of halogens is 2. The van der Waals surface area contributed by atoms with Gasteiger partial charge in [0.15, 0.2) is 0 Å². The molecule has 0 radical (unpaired) electrons. The van der Waals surface area contributed by atoms with Crippen LogP contribution in [0.15, 0.2) is 48.7 Å². The van der Waals surface area contributed by atoms with Crippen molar-refractivity contribution >= 4 is 16.9 Å². The van der Waals surface area contributed by atoms with Crippen molar-refractivity contribution in [2.24, 2.45) is 0 Å². The van der Waals surface area contributed by atoms with E-state index in [1.807, 2.05) is 29.7 Å². The number of pyridine rings is 1. The van der Waals surface area contributed by atoms with Crippen LogP contribution in [0.4, 0.5) is 8.78 Å². The molecule has 2 aromatic carbocycles. The Hall–Kier alpha value is -3.89. The third-order valence-electron chi connectivity index (χ3n) is 8.07. The predicted octanol–water partition coefficient (Wildman–Crippen LogP) is 4.95. The lowest BCUT2D eigenvalue weighted by molar-refractivity contribution is -0.0783. The zero-order valence-corrected chi connectivity index (χ0v) is 20.9. The van der Waals surface area contributed by atoms with Gasteiger partial charge in [0.1, 0.15) is 17.2 Å². The molecule has 0 fully saturated rings. The molecule has 39 heavy (non-hydrogen) atoms. The highest BCUT2D eigenvalue weighted by Gasteiger charge is 2.45. The molecule has 3 aliphatic rings. The summed E-state index contributed by atoms with van der Waals surface area (Å²) in [7, 11) is 0. The Morgan fingerprint density at radius 1 is 1.26 bits per heavy atom. The van der Waals surface area contributed by atoms with E-state index in [0.717, 1.165) is 21.6 Å². The van der Waals surface area contributed by atoms with Gasteiger partial charge in [-0.15, -0.1) is 0 Å². The number of rotatable bonds is 4. The molecule has 0 spiro atoms. The number of carbonyl (C=O) groups excluding carboxylic acids is 1. The Morgan fingerprint density at radius 2 is 2.13 bits per heavy atom. The molecular formula is C29H26F2N4O4. The van der Waals surface area contributed by atoms with Crippen molar-refractivity contribution in [1.29, 1.82) is 0 Å². The van der Waals surface area contributed by atoms with Crippen LogP contribution in [0.2, 0.25) is 0 Å². The van der Waals surface area contributed by atoms with Crippen molar-refractivity contribution in [2.75, 3.05) is 13.6 Å². The first-order chi connectivity index (χ1) is 20.0. The Bertz CT molecular complexity index is 1760. The molecule has 5 heterocycles. The number of hydrogen-bond acceptors (Lipinski definition) is 6. The van der Waals surface area contributed by atoms with Gasteiger partial charge in [0.25, 0.3) is 5.91 Å². The van der Waals surface area contributed by atoms with E-state index in [0.29, 0.717) is 35.6 Å². The van der Waals surface area contributed by atoms with Gasteiger partial charge in [-0.25, -0.2) is 4.98 Å². The number of imidazole rings is 1. The standard InChI is InChI=1S/C29H26F2N4O4/c1-3-29(37)14-38-13-17-9-16(12-32-25(17)29)15-7-8-19-20(10-15)35-21-11-22(26(35)33-19)34(2)27(36)18-5-4-6-23(24(18)21)39-28(30)31/h4-10,12,21-22,28,37H,3,11,13-14H2,1-2H3/t21-,22-,29-/m1/s1/i2D3. The number of benzene rings is 2. The van der Waals surface area contributed by atoms with Gasteiger partial charge in [0.05, 0.1) is 42.0 Å². The summed E-state index contributed by atoms with van der Waals surface area (Å²) >= 11 is 0. The largest absolute Gasteiger partial charge is 0.434 e. The monoisotopic (exact) mass is 535 g/mol. The molecule has 3 aliphatic heterocycles. The molecule has 0 saturated heterocycles. The lowest BCUT2D eigenvalue weighted by Gasteiger charge is -2.32. The number of alkyl halides is 2. The number of hydrogen-bond donors (Lipinski definition) is 1. The van der Waals surface area contributed by atoms with Crippen LogP contribution in [0.3, 0.4) is 0 Å². The van der Waals surface area contributed by atoms with Gasteiger partial charge in [-0.1, -0.05) is 19.1 Å². The highest BCUT2D eigenvalue weighted by Crippen LogP contribution is 2.50. The average Bonchev–Trinajstić information content (AvgIpc) is 3.45. The van der Waals surface area contributed by atoms with Crippen LogP contribution in [0.25, 0.3) is 22.2 Å². The lowest BCUT2D eigenvalue weighted by atomic mass is 9.90. The van der Waals surface area contributed by atoms with Gasteiger partial charge in [0, 0.05) is 46.0 Å². The molecule has 8 nitrogen and oxygen atoms in total. The van der Waals surface area contributed by atoms with E-state index in [2.05, 4.69) is 4.98 Å². The summed E-state index contributed by atoms with van der Waals surface area (Å²) in [5.41, 5.74) is 3.19. The van der Waals surface area contributed by atoms with Gasteiger partial charge in [-0.2, -0.15) is 8.78 Å². The van der Waals surface area contributed by atoms with Crippen LogP contribution in [0, 0.1) is 0 Å². The van der Waals surface area contributed by atoms with Crippen molar-refractivity contribution in [3.63, 3.8) is 0 Å². The highest BCUT2D eigenvalue weighted by molar-refractivity contribution is 5.98. The predicted molar refractivity (Wildman–Crippen MR) is 137 cm³/mol. The summed E-state index contributed by atoms with van der Waals surface area (Å²) in [6.45, 7) is -3.58. The molecule has 4 aromatic rings. The van der Waals surface area contributed by atoms with Crippen molar-refractivity contribution in [3.8, 4) is 16.9 Å². The second-order valence-electron chi connectivity index (χ2n) is 10.2. The second kappa shape index (κ2) is 8.56. The summed E-state index contributed by atoms with van der Waals surface area (Å²) in [6, 6.07) is 10.1. The molecule has 3 atom stereocenters. The van der Waals surface area contributed by atoms with E-state index in [-0.39, 0.29) is 29.9 Å². The van der Waals surface area contributed by atoms with Crippen molar-refractivity contribution in [2.45, 2.75) is 50.7 Å². The minimum Gasteiger partial charge on any atom is -0.434 e. The molecule has 7 rings (SSSR count). The third-order valence-corrected chi connectivity index (χ3v) is 8.07. The van der Waals surface area contributed by atoms with Crippen LogP contribution >= 0.6 is 0 Å². The fourth-order valence-electron chi connectivity index (χ4n) is 6.15. The first kappa shape index (κ1) is 21.0. The summed E-state index contributed by atoms with van der Waals surface area (Å²) < 4.78 is 63.7. The molecular weight excluding hydrogens is 506 g/mol. The minimum absolute atomic E-state index is 0.00253. The van der Waals surface area contributed by atoms with Crippen molar-refractivity contribution in [3.05, 3.63) is 76.9 Å². The fraction of sp³-hybridized carbons (Fsp3) is 0.345. The Labute approximate surface area is 227 Å². The highest BCUT2D eigenvalue weighted by atomic mass is 19.3. The molecule has 2 bridgehead atoms. The molecule has 1 N–H and O–H groups in total. The first-order valence-electron chi connectivity index (χ1n) is 14.2. The van der Waals surface area contributed by atoms with Gasteiger partial charge in [0.2, 0.25) is 0 Å². The van der Waals surface area contributed by atoms with Crippen molar-refractivity contribution in [1.82, 2.24) is 19.4 Å². The molecule has 2 aromatic heterocycles. The number of aromatic nitrogens is 3. The maximum absolute atomic E-state index is 13.6. The van der Waals surface area contributed by atoms with Crippen LogP contribution < -0.4 is 4.74 Å². The van der Waals surface area contributed by atoms with E-state index in [1.165, 1.54) is 18.2 Å². The zero-order chi connectivity index (χ0) is 29.6. The van der Waals surface area contributed by atoms with Crippen molar-refractivity contribution < 1.29 is 32.3 Å². The first-order valence-corrected chi connectivity index (χ1v) is 12.7. The Kier molecular flexibility index (Phi) is 4.61. The topological polar surface area (TPSA) is 89.7 Å². The van der Waals surface area contributed by atoms with E-state index < -0.39 is 37.2 Å². The summed E-state index contributed by atoms with van der Waals surface area (Å²) in [5.74, 6) is -0.607. The molecule has 1 amide bonds. The van der Waals surface area contributed by atoms with Gasteiger partial charge >= 0.3 is 6.61 Å². The van der Waals surface area contributed by atoms with Crippen LogP contribution in [0.1, 0.15) is 69.0 Å². The SMILES string of the molecule is [2H]C([2H])([2H])N1C(=O)c2cccc(OC(F)F)c2[C@H]2C[C@@H]1c1nc3ccc(-c4cnc5c(c4)COC[C@]5(O)CC)cc3n12.